The lowest BCUT2D eigenvalue weighted by Crippen LogP contribution is -2.16. The Bertz CT molecular complexity index is 956. The van der Waals surface area contributed by atoms with E-state index in [1.165, 1.54) is 0 Å². The van der Waals surface area contributed by atoms with Crippen LogP contribution in [0.25, 0.3) is 11.3 Å². The summed E-state index contributed by atoms with van der Waals surface area (Å²) in [6, 6.07) is 16.9. The summed E-state index contributed by atoms with van der Waals surface area (Å²) in [7, 11) is 0. The molecule has 0 saturated carbocycles. The minimum atomic E-state index is -0.525. The largest absolute Gasteiger partial charge is 0.492 e. The van der Waals surface area contributed by atoms with E-state index in [0.29, 0.717) is 35.5 Å². The van der Waals surface area contributed by atoms with E-state index in [1.807, 2.05) is 36.4 Å². The van der Waals surface area contributed by atoms with Gasteiger partial charge in [0.25, 0.3) is 5.91 Å². The monoisotopic (exact) mass is 390 g/mol. The van der Waals surface area contributed by atoms with Crippen molar-refractivity contribution in [3.8, 4) is 17.0 Å². The van der Waals surface area contributed by atoms with Crippen molar-refractivity contribution in [3.05, 3.63) is 66.4 Å². The Balaban J connectivity index is 1.84. The summed E-state index contributed by atoms with van der Waals surface area (Å²) >= 11 is 0. The molecule has 0 aliphatic heterocycles. The van der Waals surface area contributed by atoms with E-state index in [2.05, 4.69) is 29.1 Å². The Morgan fingerprint density at radius 3 is 2.55 bits per heavy atom. The molecule has 6 heteroatoms. The van der Waals surface area contributed by atoms with Gasteiger partial charge in [-0.25, -0.2) is 9.97 Å². The zero-order valence-corrected chi connectivity index (χ0v) is 16.8. The van der Waals surface area contributed by atoms with Crippen molar-refractivity contribution in [2.75, 3.05) is 11.9 Å². The number of benzene rings is 2. The van der Waals surface area contributed by atoms with Gasteiger partial charge in [0.1, 0.15) is 5.75 Å². The summed E-state index contributed by atoms with van der Waals surface area (Å²) in [5.74, 6) is 0.903. The fourth-order valence-electron chi connectivity index (χ4n) is 2.97. The summed E-state index contributed by atoms with van der Waals surface area (Å²) in [6.45, 7) is 4.82. The lowest BCUT2D eigenvalue weighted by Gasteiger charge is -2.16. The second kappa shape index (κ2) is 9.68. The quantitative estimate of drug-likeness (QED) is 0.548. The number of amides is 1. The molecule has 0 aliphatic carbocycles. The Morgan fingerprint density at radius 2 is 1.86 bits per heavy atom. The van der Waals surface area contributed by atoms with E-state index in [1.54, 1.807) is 24.4 Å². The molecule has 0 radical (unpaired) electrons. The van der Waals surface area contributed by atoms with Gasteiger partial charge in [0.15, 0.2) is 0 Å². The second-order valence-corrected chi connectivity index (χ2v) is 6.83. The zero-order chi connectivity index (χ0) is 20.6. The third-order valence-corrected chi connectivity index (χ3v) is 4.86. The van der Waals surface area contributed by atoms with Crippen molar-refractivity contribution in [1.29, 1.82) is 0 Å². The molecule has 3 rings (SSSR count). The molecule has 1 heterocycles. The predicted octanol–water partition coefficient (Wildman–Crippen LogP) is 4.80. The molecule has 1 aromatic heterocycles. The fourth-order valence-corrected chi connectivity index (χ4v) is 2.97. The van der Waals surface area contributed by atoms with Gasteiger partial charge in [-0.1, -0.05) is 44.9 Å². The second-order valence-electron chi connectivity index (χ2n) is 6.83. The van der Waals surface area contributed by atoms with Gasteiger partial charge >= 0.3 is 0 Å². The number of primary amides is 1. The van der Waals surface area contributed by atoms with E-state index in [9.17, 15) is 4.79 Å². The van der Waals surface area contributed by atoms with Gasteiger partial charge < -0.3 is 15.8 Å². The highest BCUT2D eigenvalue weighted by molar-refractivity contribution is 5.97. The molecular formula is C23H26N4O2. The number of carbonyl (C=O) groups excluding carboxylic acids is 1. The topological polar surface area (TPSA) is 90.1 Å². The summed E-state index contributed by atoms with van der Waals surface area (Å²) in [4.78, 5) is 20.8. The third kappa shape index (κ3) is 5.31. The van der Waals surface area contributed by atoms with E-state index >= 15 is 0 Å². The first-order valence-corrected chi connectivity index (χ1v) is 9.82. The summed E-state index contributed by atoms with van der Waals surface area (Å²) < 4.78 is 5.89. The number of nitrogens with zero attached hydrogens (tertiary/aromatic N) is 2. The number of para-hydroxylation sites is 1. The number of nitrogens with one attached hydrogen (secondary N) is 1. The van der Waals surface area contributed by atoms with Crippen LogP contribution in [0.5, 0.6) is 5.75 Å². The number of hydrogen-bond donors (Lipinski definition) is 2. The van der Waals surface area contributed by atoms with Crippen molar-refractivity contribution < 1.29 is 9.53 Å². The highest BCUT2D eigenvalue weighted by Gasteiger charge is 2.14. The number of nitrogens with two attached hydrogens (primary N) is 1. The van der Waals surface area contributed by atoms with Crippen molar-refractivity contribution in [3.63, 3.8) is 0 Å². The summed E-state index contributed by atoms with van der Waals surface area (Å²) in [5, 5.41) is 3.17. The van der Waals surface area contributed by atoms with E-state index in [4.69, 9.17) is 10.5 Å². The zero-order valence-electron chi connectivity index (χ0n) is 16.8. The van der Waals surface area contributed by atoms with Gasteiger partial charge in [-0.3, -0.25) is 4.79 Å². The lowest BCUT2D eigenvalue weighted by molar-refractivity contribution is 0.0995. The fraction of sp³-hybridized carbons (Fsp3) is 0.261. The molecule has 0 bridgehead atoms. The molecule has 0 aliphatic rings. The molecule has 3 aromatic rings. The van der Waals surface area contributed by atoms with Crippen LogP contribution < -0.4 is 15.8 Å². The van der Waals surface area contributed by atoms with Crippen molar-refractivity contribution >= 4 is 17.5 Å². The normalized spacial score (nSPS) is 10.7. The molecule has 150 valence electrons. The molecule has 3 N–H and O–H groups in total. The van der Waals surface area contributed by atoms with Crippen molar-refractivity contribution in [1.82, 2.24) is 9.97 Å². The number of carbonyl (C=O) groups is 1. The predicted molar refractivity (Wildman–Crippen MR) is 115 cm³/mol. The maximum Gasteiger partial charge on any atom is 0.252 e. The Labute approximate surface area is 171 Å². The van der Waals surface area contributed by atoms with Crippen molar-refractivity contribution in [2.45, 2.75) is 26.7 Å². The van der Waals surface area contributed by atoms with E-state index in [0.717, 1.165) is 24.1 Å². The summed E-state index contributed by atoms with van der Waals surface area (Å²) in [6.07, 6.45) is 3.73. The molecule has 0 unspecified atom stereocenters. The molecule has 6 nitrogen and oxygen atoms in total. The number of anilines is 2. The molecule has 0 atom stereocenters. The molecule has 2 aromatic carbocycles. The Hall–Kier alpha value is -3.41. The van der Waals surface area contributed by atoms with Crippen LogP contribution in [0.4, 0.5) is 11.6 Å². The van der Waals surface area contributed by atoms with Gasteiger partial charge in [-0.2, -0.15) is 0 Å². The minimum absolute atomic E-state index is 0.352. The van der Waals surface area contributed by atoms with Gasteiger partial charge in [0, 0.05) is 17.4 Å². The molecular weight excluding hydrogens is 364 g/mol. The molecule has 29 heavy (non-hydrogen) atoms. The summed E-state index contributed by atoms with van der Waals surface area (Å²) in [5.41, 5.74) is 8.31. The molecule has 0 spiro atoms. The molecule has 0 fully saturated rings. The number of ether oxygens (including phenoxy) is 1. The Kier molecular flexibility index (Phi) is 6.79. The van der Waals surface area contributed by atoms with Crippen LogP contribution in [0.3, 0.4) is 0 Å². The lowest BCUT2D eigenvalue weighted by atomic mass is 10.0. The minimum Gasteiger partial charge on any atom is -0.492 e. The van der Waals surface area contributed by atoms with Crippen LogP contribution in [0.1, 0.15) is 37.0 Å². The van der Waals surface area contributed by atoms with Crippen LogP contribution >= 0.6 is 0 Å². The maximum atomic E-state index is 12.0. The van der Waals surface area contributed by atoms with Crippen LogP contribution in [0.2, 0.25) is 0 Å². The Morgan fingerprint density at radius 1 is 1.10 bits per heavy atom. The van der Waals surface area contributed by atoms with Crippen LogP contribution in [0.15, 0.2) is 60.8 Å². The van der Waals surface area contributed by atoms with Crippen LogP contribution in [0, 0.1) is 5.92 Å². The van der Waals surface area contributed by atoms with E-state index < -0.39 is 5.91 Å². The maximum absolute atomic E-state index is 12.0. The number of aromatic nitrogens is 2. The van der Waals surface area contributed by atoms with Gasteiger partial charge in [-0.15, -0.1) is 0 Å². The van der Waals surface area contributed by atoms with Gasteiger partial charge in [0.05, 0.1) is 17.9 Å². The standard InChI is InChI=1S/C23H26N4O2/c1-3-16(4-2)15-29-21-11-10-17(14-19(21)22(24)28)20-12-13-25-23(27-20)26-18-8-6-5-7-9-18/h5-14,16H,3-4,15H2,1-2H3,(H2,24,28)(H,25,26,27). The molecule has 1 amide bonds. The van der Waals surface area contributed by atoms with Crippen LogP contribution in [-0.4, -0.2) is 22.5 Å². The van der Waals surface area contributed by atoms with E-state index in [-0.39, 0.29) is 0 Å². The third-order valence-electron chi connectivity index (χ3n) is 4.86. The first-order valence-electron chi connectivity index (χ1n) is 9.82. The highest BCUT2D eigenvalue weighted by Crippen LogP contribution is 2.27. The van der Waals surface area contributed by atoms with Crippen molar-refractivity contribution in [2.24, 2.45) is 11.7 Å². The average molecular weight is 390 g/mol. The first-order chi connectivity index (χ1) is 14.1. The molecule has 0 saturated heterocycles. The number of hydrogen-bond acceptors (Lipinski definition) is 5. The highest BCUT2D eigenvalue weighted by atomic mass is 16.5. The smallest absolute Gasteiger partial charge is 0.252 e. The SMILES string of the molecule is CCC(CC)COc1ccc(-c2ccnc(Nc3ccccc3)n2)cc1C(N)=O. The van der Waals surface area contributed by atoms with Crippen LogP contribution in [-0.2, 0) is 0 Å². The average Bonchev–Trinajstić information content (AvgIpc) is 2.75. The van der Waals surface area contributed by atoms with Gasteiger partial charge in [-0.05, 0) is 42.3 Å². The number of rotatable bonds is 9. The van der Waals surface area contributed by atoms with Gasteiger partial charge in [0.2, 0.25) is 5.95 Å². The first kappa shape index (κ1) is 20.3.